The van der Waals surface area contributed by atoms with Gasteiger partial charge in [-0.3, -0.25) is 14.8 Å². The molecule has 1 fully saturated rings. The molecule has 0 aromatic carbocycles. The number of rotatable bonds is 2. The fraction of sp³-hybridized carbons (Fsp3) is 0.429. The van der Waals surface area contributed by atoms with E-state index in [1.165, 1.54) is 12.6 Å². The SMILES string of the molecule is Cc1cncc([C@@H]2CCCN(C(=O)c3cnco3)C2)n1. The molecule has 0 unspecified atom stereocenters. The first kappa shape index (κ1) is 12.8. The van der Waals surface area contributed by atoms with Gasteiger partial charge in [-0.1, -0.05) is 0 Å². The van der Waals surface area contributed by atoms with Gasteiger partial charge in [0.1, 0.15) is 0 Å². The van der Waals surface area contributed by atoms with Gasteiger partial charge in [0.15, 0.2) is 6.39 Å². The van der Waals surface area contributed by atoms with E-state index in [0.717, 1.165) is 30.8 Å². The van der Waals surface area contributed by atoms with Gasteiger partial charge in [0, 0.05) is 31.4 Å². The Morgan fingerprint density at radius 2 is 2.25 bits per heavy atom. The van der Waals surface area contributed by atoms with E-state index in [1.54, 1.807) is 17.3 Å². The quantitative estimate of drug-likeness (QED) is 0.833. The van der Waals surface area contributed by atoms with E-state index in [9.17, 15) is 4.79 Å². The summed E-state index contributed by atoms with van der Waals surface area (Å²) in [6, 6.07) is 0. The lowest BCUT2D eigenvalue weighted by molar-refractivity contribution is 0.0673. The third-order valence-electron chi connectivity index (χ3n) is 3.54. The Hall–Kier alpha value is -2.24. The summed E-state index contributed by atoms with van der Waals surface area (Å²) in [4.78, 5) is 26.6. The van der Waals surface area contributed by atoms with E-state index in [-0.39, 0.29) is 11.8 Å². The van der Waals surface area contributed by atoms with Crippen molar-refractivity contribution >= 4 is 5.91 Å². The van der Waals surface area contributed by atoms with Gasteiger partial charge in [-0.25, -0.2) is 4.98 Å². The van der Waals surface area contributed by atoms with Crippen molar-refractivity contribution in [2.24, 2.45) is 0 Å². The molecule has 1 atom stereocenters. The van der Waals surface area contributed by atoms with Crippen LogP contribution in [-0.4, -0.2) is 38.8 Å². The highest BCUT2D eigenvalue weighted by molar-refractivity contribution is 5.91. The third kappa shape index (κ3) is 2.54. The lowest BCUT2D eigenvalue weighted by Gasteiger charge is -2.31. The Bertz CT molecular complexity index is 597. The highest BCUT2D eigenvalue weighted by Gasteiger charge is 2.27. The van der Waals surface area contributed by atoms with Crippen LogP contribution in [0.3, 0.4) is 0 Å². The third-order valence-corrected chi connectivity index (χ3v) is 3.54. The van der Waals surface area contributed by atoms with E-state index in [1.807, 2.05) is 6.92 Å². The maximum absolute atomic E-state index is 12.3. The van der Waals surface area contributed by atoms with Crippen LogP contribution in [0.25, 0.3) is 0 Å². The molecule has 0 spiro atoms. The minimum Gasteiger partial charge on any atom is -0.438 e. The predicted octanol–water partition coefficient (Wildman–Crippen LogP) is 1.79. The standard InChI is InChI=1S/C14H16N4O2/c1-10-5-15-6-12(17-10)11-3-2-4-18(8-11)14(19)13-7-16-9-20-13/h5-7,9,11H,2-4,8H2,1H3/t11-/m1/s1. The monoisotopic (exact) mass is 272 g/mol. The summed E-state index contributed by atoms with van der Waals surface area (Å²) in [6.07, 6.45) is 8.25. The Kier molecular flexibility index (Phi) is 3.45. The van der Waals surface area contributed by atoms with Crippen LogP contribution >= 0.6 is 0 Å². The zero-order chi connectivity index (χ0) is 13.9. The van der Waals surface area contributed by atoms with Gasteiger partial charge in [0.2, 0.25) is 5.76 Å². The maximum Gasteiger partial charge on any atom is 0.291 e. The van der Waals surface area contributed by atoms with Gasteiger partial charge in [-0.15, -0.1) is 0 Å². The number of carbonyl (C=O) groups is 1. The molecule has 0 radical (unpaired) electrons. The lowest BCUT2D eigenvalue weighted by atomic mass is 9.95. The molecule has 0 aliphatic carbocycles. The van der Waals surface area contributed by atoms with Crippen LogP contribution in [0.15, 0.2) is 29.4 Å². The highest BCUT2D eigenvalue weighted by atomic mass is 16.3. The van der Waals surface area contributed by atoms with E-state index >= 15 is 0 Å². The van der Waals surface area contributed by atoms with Gasteiger partial charge in [-0.05, 0) is 19.8 Å². The molecular weight excluding hydrogens is 256 g/mol. The average Bonchev–Trinajstić information content (AvgIpc) is 3.01. The van der Waals surface area contributed by atoms with Gasteiger partial charge in [-0.2, -0.15) is 0 Å². The summed E-state index contributed by atoms with van der Waals surface area (Å²) in [5.74, 6) is 0.428. The number of hydrogen-bond acceptors (Lipinski definition) is 5. The Balaban J connectivity index is 1.75. The van der Waals surface area contributed by atoms with Crippen LogP contribution in [0.2, 0.25) is 0 Å². The summed E-state index contributed by atoms with van der Waals surface area (Å²) in [5, 5.41) is 0. The van der Waals surface area contributed by atoms with E-state index < -0.39 is 0 Å². The molecule has 104 valence electrons. The number of oxazole rings is 1. The highest BCUT2D eigenvalue weighted by Crippen LogP contribution is 2.26. The van der Waals surface area contributed by atoms with Gasteiger partial charge < -0.3 is 9.32 Å². The number of aromatic nitrogens is 3. The molecule has 0 saturated carbocycles. The second-order valence-electron chi connectivity index (χ2n) is 5.04. The smallest absolute Gasteiger partial charge is 0.291 e. The molecule has 0 N–H and O–H groups in total. The van der Waals surface area contributed by atoms with Gasteiger partial charge in [0.25, 0.3) is 5.91 Å². The van der Waals surface area contributed by atoms with Crippen LogP contribution < -0.4 is 0 Å². The van der Waals surface area contributed by atoms with Crippen molar-refractivity contribution < 1.29 is 9.21 Å². The van der Waals surface area contributed by atoms with E-state index in [2.05, 4.69) is 15.0 Å². The normalized spacial score (nSPS) is 19.1. The molecule has 1 amide bonds. The summed E-state index contributed by atoms with van der Waals surface area (Å²) < 4.78 is 5.08. The first-order chi connectivity index (χ1) is 9.74. The number of amides is 1. The molecule has 2 aromatic heterocycles. The number of likely N-dealkylation sites (tertiary alicyclic amines) is 1. The number of carbonyl (C=O) groups excluding carboxylic acids is 1. The van der Waals surface area contributed by atoms with Crippen molar-refractivity contribution in [1.82, 2.24) is 19.9 Å². The molecule has 3 rings (SSSR count). The number of nitrogens with zero attached hydrogens (tertiary/aromatic N) is 4. The second-order valence-corrected chi connectivity index (χ2v) is 5.04. The minimum atomic E-state index is -0.104. The molecule has 6 heteroatoms. The van der Waals surface area contributed by atoms with Crippen molar-refractivity contribution in [2.75, 3.05) is 13.1 Å². The molecular formula is C14H16N4O2. The molecule has 2 aromatic rings. The van der Waals surface area contributed by atoms with Crippen molar-refractivity contribution in [1.29, 1.82) is 0 Å². The Morgan fingerprint density at radius 1 is 1.35 bits per heavy atom. The van der Waals surface area contributed by atoms with Gasteiger partial charge in [0.05, 0.1) is 17.6 Å². The molecule has 20 heavy (non-hydrogen) atoms. The van der Waals surface area contributed by atoms with Crippen LogP contribution in [0, 0.1) is 6.92 Å². The van der Waals surface area contributed by atoms with Crippen molar-refractivity contribution in [3.05, 3.63) is 42.1 Å². The van der Waals surface area contributed by atoms with Crippen LogP contribution in [-0.2, 0) is 0 Å². The minimum absolute atomic E-state index is 0.104. The summed E-state index contributed by atoms with van der Waals surface area (Å²) >= 11 is 0. The van der Waals surface area contributed by atoms with Gasteiger partial charge >= 0.3 is 0 Å². The lowest BCUT2D eigenvalue weighted by Crippen LogP contribution is -2.39. The first-order valence-corrected chi connectivity index (χ1v) is 6.70. The zero-order valence-electron chi connectivity index (χ0n) is 11.3. The molecule has 0 bridgehead atoms. The van der Waals surface area contributed by atoms with Crippen LogP contribution in [0.5, 0.6) is 0 Å². The van der Waals surface area contributed by atoms with Crippen molar-refractivity contribution in [3.8, 4) is 0 Å². The maximum atomic E-state index is 12.3. The van der Waals surface area contributed by atoms with Crippen LogP contribution in [0.4, 0.5) is 0 Å². The molecule has 1 aliphatic rings. The topological polar surface area (TPSA) is 72.1 Å². The molecule has 6 nitrogen and oxygen atoms in total. The number of aryl methyl sites for hydroxylation is 1. The van der Waals surface area contributed by atoms with E-state index in [0.29, 0.717) is 12.3 Å². The average molecular weight is 272 g/mol. The van der Waals surface area contributed by atoms with E-state index in [4.69, 9.17) is 4.42 Å². The predicted molar refractivity (Wildman–Crippen MR) is 71.2 cm³/mol. The van der Waals surface area contributed by atoms with Crippen LogP contribution in [0.1, 0.15) is 40.7 Å². The Labute approximate surface area is 116 Å². The van der Waals surface area contributed by atoms with Crippen molar-refractivity contribution in [3.63, 3.8) is 0 Å². The summed E-state index contributed by atoms with van der Waals surface area (Å²) in [7, 11) is 0. The fourth-order valence-corrected chi connectivity index (χ4v) is 2.56. The fourth-order valence-electron chi connectivity index (χ4n) is 2.56. The first-order valence-electron chi connectivity index (χ1n) is 6.70. The molecule has 1 saturated heterocycles. The Morgan fingerprint density at radius 3 is 3.00 bits per heavy atom. The summed E-state index contributed by atoms with van der Waals surface area (Å²) in [5.41, 5.74) is 1.86. The summed E-state index contributed by atoms with van der Waals surface area (Å²) in [6.45, 7) is 3.32. The number of hydrogen-bond donors (Lipinski definition) is 0. The number of piperidine rings is 1. The molecule has 1 aliphatic heterocycles. The second kappa shape index (κ2) is 5.40. The zero-order valence-corrected chi connectivity index (χ0v) is 11.3. The largest absolute Gasteiger partial charge is 0.438 e. The molecule has 3 heterocycles. The van der Waals surface area contributed by atoms with Crippen molar-refractivity contribution in [2.45, 2.75) is 25.7 Å².